The van der Waals surface area contributed by atoms with Crippen LogP contribution in [0.2, 0.25) is 0 Å². The molecule has 0 unspecified atom stereocenters. The summed E-state index contributed by atoms with van der Waals surface area (Å²) >= 11 is 0. The van der Waals surface area contributed by atoms with E-state index in [0.29, 0.717) is 39.6 Å². The van der Waals surface area contributed by atoms with Gasteiger partial charge >= 0.3 is 18.5 Å². The minimum absolute atomic E-state index is 0.00604. The third-order valence-corrected chi connectivity index (χ3v) is 2.87. The van der Waals surface area contributed by atoms with Gasteiger partial charge < -0.3 is 28.4 Å². The van der Waals surface area contributed by atoms with Crippen LogP contribution in [-0.2, 0) is 28.4 Å². The van der Waals surface area contributed by atoms with Crippen molar-refractivity contribution in [3.8, 4) is 0 Å². The van der Waals surface area contributed by atoms with Gasteiger partial charge in [0.25, 0.3) is 0 Å². The molecule has 138 valence electrons. The van der Waals surface area contributed by atoms with Crippen LogP contribution in [0.5, 0.6) is 0 Å². The standard InChI is InChI=1S/C6H10O3.C5H8O3.C4H6O3/c1-6(2)3-8-5(7)9-4-6;6-5-7-3-1-2-4-8-5;5-4-6-2-1-3-7-4/h3-4H2,1-2H3;1-4H2;1-3H2. The molecular formula is C15H24O9. The molecule has 0 aromatic carbocycles. The fourth-order valence-electron chi connectivity index (χ4n) is 1.56. The maximum absolute atomic E-state index is 10.3. The van der Waals surface area contributed by atoms with Gasteiger partial charge in [-0.05, 0) is 12.8 Å². The van der Waals surface area contributed by atoms with Crippen molar-refractivity contribution in [2.24, 2.45) is 5.41 Å². The quantitative estimate of drug-likeness (QED) is 0.482. The second kappa shape index (κ2) is 10.6. The molecule has 3 rings (SSSR count). The van der Waals surface area contributed by atoms with Crippen LogP contribution in [0.15, 0.2) is 0 Å². The largest absolute Gasteiger partial charge is 0.508 e. The second-order valence-electron chi connectivity index (χ2n) is 5.95. The van der Waals surface area contributed by atoms with Crippen molar-refractivity contribution in [3.05, 3.63) is 0 Å². The molecule has 3 fully saturated rings. The molecule has 3 aliphatic rings. The van der Waals surface area contributed by atoms with Crippen molar-refractivity contribution < 1.29 is 42.8 Å². The Bertz CT molecular complexity index is 389. The normalized spacial score (nSPS) is 22.0. The van der Waals surface area contributed by atoms with E-state index in [9.17, 15) is 14.4 Å². The van der Waals surface area contributed by atoms with E-state index in [1.165, 1.54) is 0 Å². The topological polar surface area (TPSA) is 107 Å². The molecule has 0 N–H and O–H groups in total. The smallest absolute Gasteiger partial charge is 0.434 e. The highest BCUT2D eigenvalue weighted by Crippen LogP contribution is 2.20. The summed E-state index contributed by atoms with van der Waals surface area (Å²) in [5, 5.41) is 0. The zero-order chi connectivity index (χ0) is 17.8. The molecule has 0 atom stereocenters. The lowest BCUT2D eigenvalue weighted by molar-refractivity contribution is -0.0445. The molecule has 0 saturated carbocycles. The number of cyclic esters (lactones) is 6. The summed E-state index contributed by atoms with van der Waals surface area (Å²) in [6.45, 7) is 6.95. The predicted octanol–water partition coefficient (Wildman–Crippen LogP) is 2.66. The monoisotopic (exact) mass is 348 g/mol. The number of hydrogen-bond acceptors (Lipinski definition) is 9. The average Bonchev–Trinajstić information content (AvgIpc) is 2.80. The zero-order valence-corrected chi connectivity index (χ0v) is 14.0. The Kier molecular flexibility index (Phi) is 8.74. The Morgan fingerprint density at radius 2 is 0.917 bits per heavy atom. The lowest BCUT2D eigenvalue weighted by Gasteiger charge is -2.27. The Labute approximate surface area is 140 Å². The van der Waals surface area contributed by atoms with Crippen LogP contribution in [0.25, 0.3) is 0 Å². The number of carbonyl (C=O) groups excluding carboxylic acids is 3. The van der Waals surface area contributed by atoms with Gasteiger partial charge in [0.05, 0.1) is 26.4 Å². The molecular weight excluding hydrogens is 324 g/mol. The summed E-state index contributed by atoms with van der Waals surface area (Å²) in [6.07, 6.45) is 1.06. The lowest BCUT2D eigenvalue weighted by atomic mass is 9.96. The van der Waals surface area contributed by atoms with Crippen LogP contribution < -0.4 is 0 Å². The highest BCUT2D eigenvalue weighted by Gasteiger charge is 2.27. The van der Waals surface area contributed by atoms with Gasteiger partial charge in [0.1, 0.15) is 13.2 Å². The van der Waals surface area contributed by atoms with E-state index in [2.05, 4.69) is 28.4 Å². The van der Waals surface area contributed by atoms with Gasteiger partial charge in [0.15, 0.2) is 0 Å². The molecule has 3 heterocycles. The molecule has 0 aromatic heterocycles. The first-order valence-corrected chi connectivity index (χ1v) is 7.78. The van der Waals surface area contributed by atoms with E-state index in [4.69, 9.17) is 0 Å². The van der Waals surface area contributed by atoms with Gasteiger partial charge in [-0.15, -0.1) is 0 Å². The summed E-state index contributed by atoms with van der Waals surface area (Å²) < 4.78 is 27.2. The molecule has 0 amide bonds. The van der Waals surface area contributed by atoms with Gasteiger partial charge in [-0.1, -0.05) is 13.8 Å². The van der Waals surface area contributed by atoms with Gasteiger partial charge in [0.2, 0.25) is 0 Å². The summed E-state index contributed by atoms with van der Waals surface area (Å²) in [6, 6.07) is 0. The highest BCUT2D eigenvalue weighted by molar-refractivity contribution is 5.60. The van der Waals surface area contributed by atoms with Gasteiger partial charge in [-0.2, -0.15) is 0 Å². The molecule has 3 saturated heterocycles. The van der Waals surface area contributed by atoms with E-state index in [0.717, 1.165) is 19.3 Å². The van der Waals surface area contributed by atoms with Crippen molar-refractivity contribution in [1.29, 1.82) is 0 Å². The molecule has 0 aromatic rings. The van der Waals surface area contributed by atoms with Crippen molar-refractivity contribution in [2.75, 3.05) is 39.6 Å². The van der Waals surface area contributed by atoms with Crippen LogP contribution in [-0.4, -0.2) is 58.1 Å². The molecule has 24 heavy (non-hydrogen) atoms. The van der Waals surface area contributed by atoms with E-state index in [-0.39, 0.29) is 5.41 Å². The molecule has 0 radical (unpaired) electrons. The third-order valence-electron chi connectivity index (χ3n) is 2.87. The fourth-order valence-corrected chi connectivity index (χ4v) is 1.56. The summed E-state index contributed by atoms with van der Waals surface area (Å²) in [5.74, 6) is 0. The number of carbonyl (C=O) groups is 3. The van der Waals surface area contributed by atoms with Crippen LogP contribution in [0, 0.1) is 5.41 Å². The Hall–Kier alpha value is -2.19. The highest BCUT2D eigenvalue weighted by atomic mass is 16.7. The summed E-state index contributed by atoms with van der Waals surface area (Å²) in [7, 11) is 0. The SMILES string of the molecule is CC1(C)COC(=O)OC1.O=C1OCCCCO1.O=C1OCCCO1. The Morgan fingerprint density at radius 1 is 0.583 bits per heavy atom. The zero-order valence-electron chi connectivity index (χ0n) is 14.0. The minimum Gasteiger partial charge on any atom is -0.434 e. The first kappa shape index (κ1) is 19.9. The molecule has 9 nitrogen and oxygen atoms in total. The molecule has 3 aliphatic heterocycles. The maximum atomic E-state index is 10.3. The van der Waals surface area contributed by atoms with Crippen LogP contribution >= 0.6 is 0 Å². The molecule has 0 spiro atoms. The first-order chi connectivity index (χ1) is 11.4. The number of hydrogen-bond donors (Lipinski definition) is 0. The van der Waals surface area contributed by atoms with Crippen LogP contribution in [0.1, 0.15) is 33.1 Å². The third kappa shape index (κ3) is 9.75. The molecule has 9 heteroatoms. The molecule has 0 aliphatic carbocycles. The predicted molar refractivity (Wildman–Crippen MR) is 79.5 cm³/mol. The van der Waals surface area contributed by atoms with Gasteiger partial charge in [-0.3, -0.25) is 0 Å². The minimum atomic E-state index is -0.547. The van der Waals surface area contributed by atoms with Crippen molar-refractivity contribution in [1.82, 2.24) is 0 Å². The summed E-state index contributed by atoms with van der Waals surface area (Å²) in [5.41, 5.74) is -0.00604. The Morgan fingerprint density at radius 3 is 1.25 bits per heavy atom. The first-order valence-electron chi connectivity index (χ1n) is 7.78. The number of ether oxygens (including phenoxy) is 6. The van der Waals surface area contributed by atoms with Crippen molar-refractivity contribution in [3.63, 3.8) is 0 Å². The molecule has 0 bridgehead atoms. The lowest BCUT2D eigenvalue weighted by Crippen LogP contribution is -2.34. The van der Waals surface area contributed by atoms with Crippen molar-refractivity contribution >= 4 is 18.5 Å². The van der Waals surface area contributed by atoms with Crippen LogP contribution in [0.3, 0.4) is 0 Å². The number of rotatable bonds is 0. The van der Waals surface area contributed by atoms with Gasteiger partial charge in [0, 0.05) is 11.8 Å². The summed E-state index contributed by atoms with van der Waals surface area (Å²) in [4.78, 5) is 30.6. The van der Waals surface area contributed by atoms with Crippen LogP contribution in [0.4, 0.5) is 14.4 Å². The van der Waals surface area contributed by atoms with E-state index in [1.54, 1.807) is 0 Å². The average molecular weight is 348 g/mol. The van der Waals surface area contributed by atoms with E-state index in [1.807, 2.05) is 13.8 Å². The Balaban J connectivity index is 0.000000181. The second-order valence-corrected chi connectivity index (χ2v) is 5.95. The van der Waals surface area contributed by atoms with E-state index >= 15 is 0 Å². The maximum Gasteiger partial charge on any atom is 0.508 e. The fraction of sp³-hybridized carbons (Fsp3) is 0.800. The van der Waals surface area contributed by atoms with Gasteiger partial charge in [-0.25, -0.2) is 14.4 Å². The van der Waals surface area contributed by atoms with Crippen molar-refractivity contribution in [2.45, 2.75) is 33.1 Å². The van der Waals surface area contributed by atoms with E-state index < -0.39 is 18.5 Å².